The van der Waals surface area contributed by atoms with Gasteiger partial charge in [0.15, 0.2) is 5.54 Å². The van der Waals surface area contributed by atoms with Crippen LogP contribution < -0.4 is 0 Å². The Morgan fingerprint density at radius 3 is 2.65 bits per heavy atom. The van der Waals surface area contributed by atoms with E-state index < -0.39 is 17.2 Å². The lowest BCUT2D eigenvalue weighted by Gasteiger charge is -2.41. The van der Waals surface area contributed by atoms with Crippen LogP contribution in [0.25, 0.3) is 0 Å². The molecule has 0 radical (unpaired) electrons. The second-order valence-electron chi connectivity index (χ2n) is 7.08. The van der Waals surface area contributed by atoms with Crippen LogP contribution in [0.4, 0.5) is 4.79 Å². The Balaban J connectivity index is 2.54. The van der Waals surface area contributed by atoms with Crippen molar-refractivity contribution in [3.8, 4) is 6.07 Å². The molecule has 0 bridgehead atoms. The number of unbranched alkanes of at least 4 members (excludes halogenated alkanes) is 1. The van der Waals surface area contributed by atoms with E-state index in [-0.39, 0.29) is 12.7 Å². The number of hydrogen-bond acceptors (Lipinski definition) is 5. The van der Waals surface area contributed by atoms with Crippen molar-refractivity contribution in [1.82, 2.24) is 4.90 Å². The Morgan fingerprint density at radius 2 is 2.17 bits per heavy atom. The van der Waals surface area contributed by atoms with E-state index in [1.165, 1.54) is 4.90 Å². The van der Waals surface area contributed by atoms with Gasteiger partial charge in [-0.25, -0.2) is 4.79 Å². The minimum atomic E-state index is -0.970. The second kappa shape index (κ2) is 8.51. The van der Waals surface area contributed by atoms with E-state index in [2.05, 4.69) is 13.0 Å². The van der Waals surface area contributed by atoms with Gasteiger partial charge >= 0.3 is 6.09 Å². The van der Waals surface area contributed by atoms with E-state index in [1.54, 1.807) is 27.8 Å². The van der Waals surface area contributed by atoms with Crippen LogP contribution in [0.3, 0.4) is 0 Å². The molecule has 1 fully saturated rings. The van der Waals surface area contributed by atoms with Crippen molar-refractivity contribution >= 4 is 6.09 Å². The van der Waals surface area contributed by atoms with E-state index >= 15 is 0 Å². The number of amides is 1. The van der Waals surface area contributed by atoms with Crippen LogP contribution in [0.5, 0.6) is 0 Å². The summed E-state index contributed by atoms with van der Waals surface area (Å²) in [6.07, 6.45) is 2.87. The highest BCUT2D eigenvalue weighted by molar-refractivity contribution is 5.69. The third-order valence-electron chi connectivity index (χ3n) is 3.90. The maximum atomic E-state index is 12.2. The third-order valence-corrected chi connectivity index (χ3v) is 3.90. The number of carbonyl (C=O) groups excluding carboxylic acids is 1. The first-order chi connectivity index (χ1) is 10.7. The van der Waals surface area contributed by atoms with Gasteiger partial charge in [-0.15, -0.1) is 0 Å². The summed E-state index contributed by atoms with van der Waals surface area (Å²) in [7, 11) is 1.60. The summed E-state index contributed by atoms with van der Waals surface area (Å²) in [5.74, 6) is 0. The van der Waals surface area contributed by atoms with E-state index in [0.29, 0.717) is 19.4 Å². The first-order valence-electron chi connectivity index (χ1n) is 8.31. The summed E-state index contributed by atoms with van der Waals surface area (Å²) < 4.78 is 16.7. The molecule has 6 nitrogen and oxygen atoms in total. The largest absolute Gasteiger partial charge is 0.444 e. The lowest BCUT2D eigenvalue weighted by molar-refractivity contribution is -0.0893. The van der Waals surface area contributed by atoms with Gasteiger partial charge in [0.1, 0.15) is 5.60 Å². The fourth-order valence-electron chi connectivity index (χ4n) is 2.34. The summed E-state index contributed by atoms with van der Waals surface area (Å²) in [6, 6.07) is 2.24. The predicted molar refractivity (Wildman–Crippen MR) is 87.0 cm³/mol. The fourth-order valence-corrected chi connectivity index (χ4v) is 2.34. The number of carbonyl (C=O) groups is 1. The normalized spacial score (nSPS) is 24.8. The first-order valence-corrected chi connectivity index (χ1v) is 8.31. The molecule has 1 saturated heterocycles. The topological polar surface area (TPSA) is 71.8 Å². The van der Waals surface area contributed by atoms with Crippen molar-refractivity contribution < 1.29 is 19.0 Å². The molecule has 0 aromatic carbocycles. The van der Waals surface area contributed by atoms with Crippen molar-refractivity contribution in [3.05, 3.63) is 0 Å². The summed E-state index contributed by atoms with van der Waals surface area (Å²) >= 11 is 0. The standard InChI is InChI=1S/C17H30N2O4/c1-6-7-10-21-11-14-8-9-17(12-18,13-22-14)19(5)15(20)23-16(2,3)4/h14H,6-11,13H2,1-5H3. The Morgan fingerprint density at radius 1 is 1.48 bits per heavy atom. The molecule has 0 aromatic rings. The second-order valence-corrected chi connectivity index (χ2v) is 7.08. The molecule has 1 aliphatic heterocycles. The van der Waals surface area contributed by atoms with E-state index in [0.717, 1.165) is 19.4 Å². The van der Waals surface area contributed by atoms with E-state index in [9.17, 15) is 10.1 Å². The first kappa shape index (κ1) is 19.7. The number of hydrogen-bond donors (Lipinski definition) is 0. The number of nitrogens with zero attached hydrogens (tertiary/aromatic N) is 2. The highest BCUT2D eigenvalue weighted by Gasteiger charge is 2.43. The maximum Gasteiger partial charge on any atom is 0.411 e. The summed E-state index contributed by atoms with van der Waals surface area (Å²) in [5, 5.41) is 9.58. The van der Waals surface area contributed by atoms with Crippen molar-refractivity contribution in [3.63, 3.8) is 0 Å². The SMILES string of the molecule is CCCCOCC1CCC(C#N)(N(C)C(=O)OC(C)(C)C)CO1. The number of nitriles is 1. The van der Waals surface area contributed by atoms with Crippen LogP contribution in [0.1, 0.15) is 53.4 Å². The predicted octanol–water partition coefficient (Wildman–Crippen LogP) is 3.11. The van der Waals surface area contributed by atoms with Gasteiger partial charge in [-0.3, -0.25) is 4.90 Å². The van der Waals surface area contributed by atoms with Gasteiger partial charge in [0.05, 0.1) is 25.4 Å². The molecule has 0 N–H and O–H groups in total. The molecule has 2 unspecified atom stereocenters. The zero-order valence-electron chi connectivity index (χ0n) is 15.1. The number of ether oxygens (including phenoxy) is 3. The minimum Gasteiger partial charge on any atom is -0.444 e. The van der Waals surface area contributed by atoms with Gasteiger partial charge in [0.2, 0.25) is 0 Å². The van der Waals surface area contributed by atoms with Crippen molar-refractivity contribution in [1.29, 1.82) is 5.26 Å². The molecule has 6 heteroatoms. The van der Waals surface area contributed by atoms with Crippen LogP contribution in [0.15, 0.2) is 0 Å². The smallest absolute Gasteiger partial charge is 0.411 e. The zero-order valence-corrected chi connectivity index (χ0v) is 15.1. The quantitative estimate of drug-likeness (QED) is 0.701. The monoisotopic (exact) mass is 326 g/mol. The molecule has 0 saturated carbocycles. The molecular weight excluding hydrogens is 296 g/mol. The Labute approximate surface area is 139 Å². The Kier molecular flexibility index (Phi) is 7.30. The molecule has 1 rings (SSSR count). The average Bonchev–Trinajstić information content (AvgIpc) is 2.50. The van der Waals surface area contributed by atoms with Crippen LogP contribution in [-0.4, -0.2) is 55.1 Å². The molecule has 1 amide bonds. The minimum absolute atomic E-state index is 0.0135. The van der Waals surface area contributed by atoms with Crippen molar-refractivity contribution in [2.45, 2.75) is 70.6 Å². The van der Waals surface area contributed by atoms with Crippen LogP contribution >= 0.6 is 0 Å². The fraction of sp³-hybridized carbons (Fsp3) is 0.882. The van der Waals surface area contributed by atoms with E-state index in [4.69, 9.17) is 14.2 Å². The van der Waals surface area contributed by atoms with Gasteiger partial charge in [0.25, 0.3) is 0 Å². The Hall–Kier alpha value is -1.32. The highest BCUT2D eigenvalue weighted by atomic mass is 16.6. The molecule has 0 spiro atoms. The van der Waals surface area contributed by atoms with Crippen molar-refractivity contribution in [2.75, 3.05) is 26.9 Å². The lowest BCUT2D eigenvalue weighted by Crippen LogP contribution is -2.56. The van der Waals surface area contributed by atoms with Gasteiger partial charge in [-0.05, 0) is 40.0 Å². The van der Waals surface area contributed by atoms with E-state index in [1.807, 2.05) is 0 Å². The molecule has 1 aliphatic rings. The molecule has 23 heavy (non-hydrogen) atoms. The highest BCUT2D eigenvalue weighted by Crippen LogP contribution is 2.29. The van der Waals surface area contributed by atoms with Crippen molar-refractivity contribution in [2.24, 2.45) is 0 Å². The molecular formula is C17H30N2O4. The molecule has 2 atom stereocenters. The molecule has 0 aliphatic carbocycles. The summed E-state index contributed by atoms with van der Waals surface area (Å²) in [5.41, 5.74) is -1.56. The van der Waals surface area contributed by atoms with Gasteiger partial charge in [-0.1, -0.05) is 13.3 Å². The average molecular weight is 326 g/mol. The Bertz CT molecular complexity index is 417. The summed E-state index contributed by atoms with van der Waals surface area (Å²) in [4.78, 5) is 13.6. The molecule has 132 valence electrons. The zero-order chi connectivity index (χ0) is 17.5. The summed E-state index contributed by atoms with van der Waals surface area (Å²) in [6.45, 7) is 8.99. The van der Waals surface area contributed by atoms with Gasteiger partial charge in [-0.2, -0.15) is 5.26 Å². The maximum absolute atomic E-state index is 12.2. The lowest BCUT2D eigenvalue weighted by atomic mass is 9.90. The molecule has 0 aromatic heterocycles. The van der Waals surface area contributed by atoms with Crippen LogP contribution in [-0.2, 0) is 14.2 Å². The molecule has 1 heterocycles. The van der Waals surface area contributed by atoms with Gasteiger partial charge < -0.3 is 14.2 Å². The van der Waals surface area contributed by atoms with Crippen LogP contribution in [0, 0.1) is 11.3 Å². The van der Waals surface area contributed by atoms with Gasteiger partial charge in [0, 0.05) is 13.7 Å². The van der Waals surface area contributed by atoms with Crippen LogP contribution in [0.2, 0.25) is 0 Å². The third kappa shape index (κ3) is 6.00. The number of rotatable bonds is 6. The number of likely N-dealkylation sites (N-methyl/N-ethyl adjacent to an activating group) is 1.